The number of alkyl halides is 3. The van der Waals surface area contributed by atoms with E-state index in [0.717, 1.165) is 25.0 Å². The summed E-state index contributed by atoms with van der Waals surface area (Å²) in [5.74, 6) is 0.516. The highest BCUT2D eigenvalue weighted by Gasteiger charge is 2.43. The van der Waals surface area contributed by atoms with Gasteiger partial charge in [-0.1, -0.05) is 17.3 Å². The highest BCUT2D eigenvalue weighted by atomic mass is 19.4. The van der Waals surface area contributed by atoms with E-state index in [-0.39, 0.29) is 35.8 Å². The van der Waals surface area contributed by atoms with E-state index in [2.05, 4.69) is 26.4 Å². The van der Waals surface area contributed by atoms with Gasteiger partial charge in [0.1, 0.15) is 5.54 Å². The van der Waals surface area contributed by atoms with Crippen LogP contribution in [-0.2, 0) is 11.0 Å². The first-order chi connectivity index (χ1) is 16.1. The van der Waals surface area contributed by atoms with Crippen LogP contribution >= 0.6 is 0 Å². The number of hydrogen-bond acceptors (Lipinski definition) is 7. The number of nitriles is 1. The standard InChI is InChI=1S/C23H27F3N6O2/c1-15(21-28-20(30-34-21)16-4-3-5-18(12-16)23(24,25)26)32-10-8-31(9-11-32)13-19(33)29-22(2,14-27)17-6-7-17/h3-5,12,15,17H,6-11,13H2,1-2H3,(H,29,33). The summed E-state index contributed by atoms with van der Waals surface area (Å²) in [6.07, 6.45) is -2.52. The fraction of sp³-hybridized carbons (Fsp3) is 0.565. The highest BCUT2D eigenvalue weighted by Crippen LogP contribution is 2.39. The van der Waals surface area contributed by atoms with Crippen molar-refractivity contribution in [3.05, 3.63) is 35.7 Å². The summed E-state index contributed by atoms with van der Waals surface area (Å²) >= 11 is 0. The van der Waals surface area contributed by atoms with Crippen LogP contribution in [0.25, 0.3) is 11.4 Å². The predicted molar refractivity (Wildman–Crippen MR) is 116 cm³/mol. The normalized spacial score (nSPS) is 20.4. The number of aromatic nitrogens is 2. The Bertz CT molecular complexity index is 1070. The maximum atomic E-state index is 13.0. The number of carbonyl (C=O) groups is 1. The van der Waals surface area contributed by atoms with Gasteiger partial charge >= 0.3 is 6.18 Å². The van der Waals surface area contributed by atoms with Crippen LogP contribution in [0.3, 0.4) is 0 Å². The number of rotatable bonds is 7. The number of nitrogens with one attached hydrogen (secondary N) is 1. The second-order valence-electron chi connectivity index (χ2n) is 9.16. The van der Waals surface area contributed by atoms with Gasteiger partial charge < -0.3 is 9.84 Å². The molecule has 0 radical (unpaired) electrons. The number of nitrogens with zero attached hydrogens (tertiary/aromatic N) is 5. The summed E-state index contributed by atoms with van der Waals surface area (Å²) in [6.45, 7) is 6.53. The molecule has 8 nitrogen and oxygen atoms in total. The number of carbonyl (C=O) groups excluding carboxylic acids is 1. The molecule has 1 aromatic heterocycles. The molecule has 1 saturated carbocycles. The van der Waals surface area contributed by atoms with Gasteiger partial charge in [-0.2, -0.15) is 23.4 Å². The van der Waals surface area contributed by atoms with Crippen LogP contribution in [-0.4, -0.2) is 64.1 Å². The minimum atomic E-state index is -4.45. The molecule has 1 aliphatic carbocycles. The van der Waals surface area contributed by atoms with E-state index in [4.69, 9.17) is 4.52 Å². The van der Waals surface area contributed by atoms with E-state index in [9.17, 15) is 23.2 Å². The van der Waals surface area contributed by atoms with Gasteiger partial charge in [-0.05, 0) is 44.7 Å². The summed E-state index contributed by atoms with van der Waals surface area (Å²) in [4.78, 5) is 20.9. The number of benzene rings is 1. The molecule has 1 N–H and O–H groups in total. The van der Waals surface area contributed by atoms with Crippen molar-refractivity contribution in [2.24, 2.45) is 5.92 Å². The first-order valence-electron chi connectivity index (χ1n) is 11.3. The van der Waals surface area contributed by atoms with Crippen molar-refractivity contribution >= 4 is 5.91 Å². The molecule has 11 heteroatoms. The monoisotopic (exact) mass is 476 g/mol. The van der Waals surface area contributed by atoms with E-state index in [0.29, 0.717) is 32.1 Å². The van der Waals surface area contributed by atoms with Gasteiger partial charge in [0.15, 0.2) is 0 Å². The Hall–Kier alpha value is -2.97. The quantitative estimate of drug-likeness (QED) is 0.655. The number of hydrogen-bond donors (Lipinski definition) is 1. The third-order valence-corrected chi connectivity index (χ3v) is 6.59. The van der Waals surface area contributed by atoms with Crippen molar-refractivity contribution in [2.45, 2.75) is 44.4 Å². The van der Waals surface area contributed by atoms with Crippen LogP contribution in [0.15, 0.2) is 28.8 Å². The van der Waals surface area contributed by atoms with E-state index in [1.807, 2.05) is 11.8 Å². The zero-order chi connectivity index (χ0) is 24.5. The molecule has 4 rings (SSSR count). The zero-order valence-corrected chi connectivity index (χ0v) is 19.1. The van der Waals surface area contributed by atoms with Crippen molar-refractivity contribution in [3.8, 4) is 17.5 Å². The van der Waals surface area contributed by atoms with Crippen LogP contribution in [0.1, 0.15) is 44.2 Å². The number of halogens is 3. The van der Waals surface area contributed by atoms with E-state index in [1.165, 1.54) is 12.1 Å². The van der Waals surface area contributed by atoms with Gasteiger partial charge in [-0.3, -0.25) is 14.6 Å². The second kappa shape index (κ2) is 9.35. The third kappa shape index (κ3) is 5.39. The summed E-state index contributed by atoms with van der Waals surface area (Å²) in [5, 5.41) is 16.2. The van der Waals surface area contributed by atoms with Gasteiger partial charge in [-0.15, -0.1) is 0 Å². The minimum Gasteiger partial charge on any atom is -0.337 e. The lowest BCUT2D eigenvalue weighted by Crippen LogP contribution is -2.53. The fourth-order valence-electron chi connectivity index (χ4n) is 4.24. The Morgan fingerprint density at radius 3 is 2.62 bits per heavy atom. The molecule has 1 saturated heterocycles. The van der Waals surface area contributed by atoms with Crippen molar-refractivity contribution in [3.63, 3.8) is 0 Å². The maximum absolute atomic E-state index is 13.0. The first-order valence-corrected chi connectivity index (χ1v) is 11.3. The summed E-state index contributed by atoms with van der Waals surface area (Å²) in [6, 6.07) is 6.85. The van der Waals surface area contributed by atoms with Crippen molar-refractivity contribution in [1.82, 2.24) is 25.3 Å². The van der Waals surface area contributed by atoms with E-state index >= 15 is 0 Å². The summed E-state index contributed by atoms with van der Waals surface area (Å²) in [5.41, 5.74) is -1.33. The average molecular weight is 477 g/mol. The van der Waals surface area contributed by atoms with Gasteiger partial charge in [-0.25, -0.2) is 0 Å². The van der Waals surface area contributed by atoms with E-state index in [1.54, 1.807) is 6.92 Å². The Morgan fingerprint density at radius 1 is 1.29 bits per heavy atom. The lowest BCUT2D eigenvalue weighted by atomic mass is 9.98. The SMILES string of the molecule is CC(c1nc(-c2cccc(C(F)(F)F)c2)no1)N1CCN(CC(=O)NC(C)(C#N)C2CC2)CC1. The maximum Gasteiger partial charge on any atom is 0.416 e. The molecular weight excluding hydrogens is 449 g/mol. The Balaban J connectivity index is 1.31. The largest absolute Gasteiger partial charge is 0.416 e. The van der Waals surface area contributed by atoms with Crippen LogP contribution in [0.4, 0.5) is 13.2 Å². The first kappa shape index (κ1) is 24.2. The summed E-state index contributed by atoms with van der Waals surface area (Å²) < 4.78 is 44.3. The topological polar surface area (TPSA) is 98.3 Å². The van der Waals surface area contributed by atoms with E-state index < -0.39 is 17.3 Å². The van der Waals surface area contributed by atoms with Gasteiger partial charge in [0, 0.05) is 31.7 Å². The van der Waals surface area contributed by atoms with Crippen LogP contribution in [0.5, 0.6) is 0 Å². The molecule has 2 aromatic rings. The molecule has 2 aliphatic rings. The zero-order valence-electron chi connectivity index (χ0n) is 19.1. The molecule has 0 spiro atoms. The van der Waals surface area contributed by atoms with Crippen LogP contribution in [0.2, 0.25) is 0 Å². The molecule has 2 unspecified atom stereocenters. The molecule has 2 atom stereocenters. The molecule has 2 heterocycles. The Morgan fingerprint density at radius 2 is 2.00 bits per heavy atom. The van der Waals surface area contributed by atoms with Crippen LogP contribution < -0.4 is 5.32 Å². The molecule has 2 fully saturated rings. The van der Waals surface area contributed by atoms with Crippen molar-refractivity contribution < 1.29 is 22.5 Å². The van der Waals surface area contributed by atoms with Gasteiger partial charge in [0.2, 0.25) is 17.6 Å². The van der Waals surface area contributed by atoms with Gasteiger partial charge in [0.25, 0.3) is 0 Å². The lowest BCUT2D eigenvalue weighted by Gasteiger charge is -2.36. The highest BCUT2D eigenvalue weighted by molar-refractivity contribution is 5.79. The average Bonchev–Trinajstić information content (AvgIpc) is 3.56. The minimum absolute atomic E-state index is 0.111. The van der Waals surface area contributed by atoms with Crippen LogP contribution in [0, 0.1) is 17.2 Å². The lowest BCUT2D eigenvalue weighted by molar-refractivity contribution is -0.137. The third-order valence-electron chi connectivity index (χ3n) is 6.59. The van der Waals surface area contributed by atoms with Gasteiger partial charge in [0.05, 0.1) is 24.2 Å². The van der Waals surface area contributed by atoms with Crippen molar-refractivity contribution in [1.29, 1.82) is 5.26 Å². The number of piperazine rings is 1. The Labute approximate surface area is 195 Å². The molecule has 34 heavy (non-hydrogen) atoms. The molecule has 0 bridgehead atoms. The summed E-state index contributed by atoms with van der Waals surface area (Å²) in [7, 11) is 0. The molecule has 182 valence electrons. The smallest absolute Gasteiger partial charge is 0.337 e. The molecular formula is C23H27F3N6O2. The Kier molecular flexibility index (Phi) is 6.64. The van der Waals surface area contributed by atoms with Crippen molar-refractivity contribution in [2.75, 3.05) is 32.7 Å². The second-order valence-corrected chi connectivity index (χ2v) is 9.16. The molecule has 1 amide bonds. The molecule has 1 aliphatic heterocycles. The predicted octanol–water partition coefficient (Wildman–Crippen LogP) is 3.24. The fourth-order valence-corrected chi connectivity index (χ4v) is 4.24. The molecule has 1 aromatic carbocycles. The number of amides is 1.